The minimum Gasteiger partial charge on any atom is -0.497 e. The van der Waals surface area contributed by atoms with Crippen LogP contribution >= 0.6 is 17.1 Å². The number of ether oxygens (including phenoxy) is 5. The van der Waals surface area contributed by atoms with Crippen molar-refractivity contribution < 1.29 is 37.5 Å². The van der Waals surface area contributed by atoms with Crippen LogP contribution in [0.2, 0.25) is 0 Å². The molecule has 7 rings (SSSR count). The summed E-state index contributed by atoms with van der Waals surface area (Å²) in [6.45, 7) is 4.27. The molecule has 3 aromatic carbocycles. The molecule has 284 valence electrons. The Labute approximate surface area is 322 Å². The van der Waals surface area contributed by atoms with Crippen molar-refractivity contribution in [3.05, 3.63) is 108 Å². The Bertz CT molecular complexity index is 2030. The van der Waals surface area contributed by atoms with E-state index in [1.54, 1.807) is 31.9 Å². The van der Waals surface area contributed by atoms with Crippen LogP contribution in [0.15, 0.2) is 91.5 Å². The smallest absolute Gasteiger partial charge is 0.251 e. The Hall–Kier alpha value is -3.92. The third-order valence-corrected chi connectivity index (χ3v) is 14.4. The van der Waals surface area contributed by atoms with Crippen molar-refractivity contribution in [1.29, 1.82) is 0 Å². The highest BCUT2D eigenvalue weighted by molar-refractivity contribution is 8.68. The molecule has 0 radical (unpaired) electrons. The summed E-state index contributed by atoms with van der Waals surface area (Å²) in [5, 5.41) is 2.79. The van der Waals surface area contributed by atoms with Gasteiger partial charge < -0.3 is 38.0 Å². The van der Waals surface area contributed by atoms with Crippen LogP contribution in [0.5, 0.6) is 11.5 Å². The van der Waals surface area contributed by atoms with Crippen molar-refractivity contribution in [3.8, 4) is 11.5 Å². The van der Waals surface area contributed by atoms with Gasteiger partial charge in [0.1, 0.15) is 42.4 Å². The summed E-state index contributed by atoms with van der Waals surface area (Å²) in [6, 6.07) is 25.8. The van der Waals surface area contributed by atoms with Gasteiger partial charge in [0, 0.05) is 12.2 Å². The number of methoxy groups -OCH3 is 2. The number of carbonyl (C=O) groups excluding carboxylic acids is 1. The third kappa shape index (κ3) is 8.19. The van der Waals surface area contributed by atoms with E-state index in [0.29, 0.717) is 24.2 Å². The van der Waals surface area contributed by atoms with Crippen molar-refractivity contribution >= 4 is 51.8 Å². The number of rotatable bonds is 15. The number of nitrogens with one attached hydrogen (secondary N) is 1. The molecule has 5 aromatic rings. The summed E-state index contributed by atoms with van der Waals surface area (Å²) in [7, 11) is 3.28. The highest BCUT2D eigenvalue weighted by Gasteiger charge is 2.45. The van der Waals surface area contributed by atoms with E-state index in [4.69, 9.17) is 44.5 Å². The Morgan fingerprint density at radius 2 is 1.65 bits per heavy atom. The summed E-state index contributed by atoms with van der Waals surface area (Å²) in [5.41, 5.74) is -0.107. The highest BCUT2D eigenvalue weighted by Crippen LogP contribution is 2.66. The second-order valence-electron chi connectivity index (χ2n) is 12.9. The van der Waals surface area contributed by atoms with Crippen molar-refractivity contribution in [2.24, 2.45) is 0 Å². The van der Waals surface area contributed by atoms with Crippen LogP contribution in [-0.2, 0) is 45.5 Å². The first-order valence-electron chi connectivity index (χ1n) is 17.5. The maximum Gasteiger partial charge on any atom is 0.251 e. The highest BCUT2D eigenvalue weighted by atomic mass is 32.9. The van der Waals surface area contributed by atoms with Gasteiger partial charge in [0.15, 0.2) is 17.0 Å². The van der Waals surface area contributed by atoms with Crippen molar-refractivity contribution in [1.82, 2.24) is 19.5 Å². The Balaban J connectivity index is 1.24. The van der Waals surface area contributed by atoms with Gasteiger partial charge in [-0.15, -0.1) is 0 Å². The Morgan fingerprint density at radius 3 is 2.26 bits per heavy atom. The quantitative estimate of drug-likeness (QED) is 0.0873. The Kier molecular flexibility index (Phi) is 12.0. The predicted molar refractivity (Wildman–Crippen MR) is 209 cm³/mol. The topological polar surface area (TPSA) is 137 Å². The normalized spacial score (nSPS) is 21.5. The molecule has 4 heterocycles. The molecule has 1 amide bonds. The standard InChI is InChI=1S/C38H42N5O8PS2/c1-25(2)47-22-33(44)42-36-35-37(40-23-39-36)43(24-41-35)34-20-31(51-52(53)49-18-19-54-52)32(50-34)21-48-38(26-8-6-5-7-9-26,27-10-14-29(45-3)15-11-27)28-12-16-30(46-4)17-13-28/h5-17,23-25,31-32,34H,18-22H2,1-4H3,(H,39,40,42,44)/t31-,32+,34+,52?/m0/s1. The first-order chi connectivity index (χ1) is 26.2. The Morgan fingerprint density at radius 1 is 0.981 bits per heavy atom. The fourth-order valence-corrected chi connectivity index (χ4v) is 11.2. The van der Waals surface area contributed by atoms with E-state index in [2.05, 4.69) is 32.4 Å². The van der Waals surface area contributed by atoms with Gasteiger partial charge >= 0.3 is 0 Å². The van der Waals surface area contributed by atoms with Crippen molar-refractivity contribution in [3.63, 3.8) is 0 Å². The molecule has 2 aliphatic heterocycles. The van der Waals surface area contributed by atoms with E-state index in [9.17, 15) is 4.79 Å². The lowest BCUT2D eigenvalue weighted by atomic mass is 9.80. The molecular weight excluding hydrogens is 750 g/mol. The van der Waals surface area contributed by atoms with E-state index < -0.39 is 29.7 Å². The number of imidazole rings is 1. The number of fused-ring (bicyclic) bond motifs is 1. The maximum atomic E-state index is 12.6. The molecule has 0 aliphatic carbocycles. The molecule has 4 atom stereocenters. The second kappa shape index (κ2) is 16.8. The van der Waals surface area contributed by atoms with Crippen LogP contribution in [0.1, 0.15) is 43.2 Å². The monoisotopic (exact) mass is 791 g/mol. The maximum absolute atomic E-state index is 12.6. The van der Waals surface area contributed by atoms with E-state index in [1.807, 2.05) is 85.1 Å². The van der Waals surface area contributed by atoms with Gasteiger partial charge in [-0.25, -0.2) is 15.0 Å². The van der Waals surface area contributed by atoms with Gasteiger partial charge in [-0.05, 0) is 66.6 Å². The summed E-state index contributed by atoms with van der Waals surface area (Å²) >= 11 is 7.46. The lowest BCUT2D eigenvalue weighted by Gasteiger charge is -2.37. The molecule has 2 saturated heterocycles. The molecule has 13 nitrogen and oxygen atoms in total. The van der Waals surface area contributed by atoms with Gasteiger partial charge in [-0.1, -0.05) is 66.0 Å². The molecular formula is C38H42N5O8PS2. The summed E-state index contributed by atoms with van der Waals surface area (Å²) < 4.78 is 45.0. The summed E-state index contributed by atoms with van der Waals surface area (Å²) in [4.78, 5) is 26.0. The number of amides is 1. The molecule has 0 bridgehead atoms. The molecule has 2 fully saturated rings. The predicted octanol–water partition coefficient (Wildman–Crippen LogP) is 6.88. The molecule has 54 heavy (non-hydrogen) atoms. The number of hydrogen-bond acceptors (Lipinski definition) is 13. The minimum atomic E-state index is -2.63. The fraction of sp³-hybridized carbons (Fsp3) is 0.368. The summed E-state index contributed by atoms with van der Waals surface area (Å²) in [5.74, 6) is 2.15. The van der Waals surface area contributed by atoms with Crippen molar-refractivity contribution in [2.75, 3.05) is 45.1 Å². The zero-order valence-corrected chi connectivity index (χ0v) is 32.9. The number of aromatic nitrogens is 4. The van der Waals surface area contributed by atoms with Crippen LogP contribution in [0.25, 0.3) is 11.2 Å². The first-order valence-corrected chi connectivity index (χ1v) is 21.7. The SMILES string of the molecule is COc1ccc(C(OC[C@H]2O[C@@H](n3cnc4c(NC(=O)COC(C)C)ncnc43)C[C@@H]2OP2(=S)OCCS2)(c2ccccc2)c2ccc(OC)cc2)cc1. The molecule has 1 N–H and O–H groups in total. The van der Waals surface area contributed by atoms with Crippen LogP contribution < -0.4 is 14.8 Å². The van der Waals surface area contributed by atoms with E-state index in [1.165, 1.54) is 6.33 Å². The number of benzene rings is 3. The first kappa shape index (κ1) is 38.4. The van der Waals surface area contributed by atoms with Crippen molar-refractivity contribution in [2.45, 2.75) is 50.4 Å². The molecule has 2 aliphatic rings. The largest absolute Gasteiger partial charge is 0.497 e. The number of anilines is 1. The fourth-order valence-electron chi connectivity index (χ4n) is 6.54. The van der Waals surface area contributed by atoms with E-state index in [-0.39, 0.29) is 31.0 Å². The molecule has 1 unspecified atom stereocenters. The van der Waals surface area contributed by atoms with Crippen LogP contribution in [0.3, 0.4) is 0 Å². The zero-order valence-electron chi connectivity index (χ0n) is 30.3. The lowest BCUT2D eigenvalue weighted by molar-refractivity contribution is -0.121. The molecule has 0 spiro atoms. The van der Waals surface area contributed by atoms with Gasteiger partial charge in [0.25, 0.3) is 5.91 Å². The van der Waals surface area contributed by atoms with E-state index in [0.717, 1.165) is 33.9 Å². The molecule has 2 aromatic heterocycles. The lowest BCUT2D eigenvalue weighted by Crippen LogP contribution is -2.38. The van der Waals surface area contributed by atoms with Crippen LogP contribution in [0, 0.1) is 0 Å². The minimum absolute atomic E-state index is 0.0954. The molecule has 0 saturated carbocycles. The molecule has 16 heteroatoms. The van der Waals surface area contributed by atoms with Crippen LogP contribution in [0.4, 0.5) is 5.82 Å². The number of nitrogens with zero attached hydrogens (tertiary/aromatic N) is 4. The zero-order chi connectivity index (χ0) is 37.7. The number of carbonyl (C=O) groups is 1. The average molecular weight is 792 g/mol. The average Bonchev–Trinajstić information content (AvgIpc) is 3.94. The van der Waals surface area contributed by atoms with Gasteiger partial charge in [0.05, 0.1) is 46.0 Å². The summed E-state index contributed by atoms with van der Waals surface area (Å²) in [6.07, 6.45) is 1.71. The van der Waals surface area contributed by atoms with E-state index >= 15 is 0 Å². The third-order valence-electron chi connectivity index (χ3n) is 9.14. The van der Waals surface area contributed by atoms with Gasteiger partial charge in [0.2, 0.25) is 5.69 Å². The van der Waals surface area contributed by atoms with Crippen LogP contribution in [-0.4, -0.2) is 83.5 Å². The second-order valence-corrected chi connectivity index (χ2v) is 19.3. The van der Waals surface area contributed by atoms with Gasteiger partial charge in [-0.2, -0.15) is 0 Å². The van der Waals surface area contributed by atoms with Gasteiger partial charge in [-0.3, -0.25) is 9.36 Å². The number of hydrogen-bond donors (Lipinski definition) is 1.